The highest BCUT2D eigenvalue weighted by molar-refractivity contribution is 5.77. The van der Waals surface area contributed by atoms with Gasteiger partial charge in [0, 0.05) is 45.8 Å². The lowest BCUT2D eigenvalue weighted by Crippen LogP contribution is -2.49. The van der Waals surface area contributed by atoms with Gasteiger partial charge in [0.1, 0.15) is 0 Å². The standard InChI is InChI=1S/C16H32N4O2/c1-18-6-8-20(9-7-18)12-15(21)11-19(2)13-16(22)17-10-14-4-3-5-14/h14-15,21H,3-13H2,1-2H3,(H,17,22). The van der Waals surface area contributed by atoms with E-state index in [2.05, 4.69) is 22.2 Å². The highest BCUT2D eigenvalue weighted by atomic mass is 16.3. The zero-order valence-electron chi connectivity index (χ0n) is 14.1. The number of amides is 1. The van der Waals surface area contributed by atoms with Crippen LogP contribution >= 0.6 is 0 Å². The van der Waals surface area contributed by atoms with Crippen molar-refractivity contribution in [1.82, 2.24) is 20.0 Å². The van der Waals surface area contributed by atoms with Gasteiger partial charge < -0.3 is 15.3 Å². The summed E-state index contributed by atoms with van der Waals surface area (Å²) in [5.74, 6) is 0.762. The molecule has 1 heterocycles. The number of aliphatic hydroxyl groups is 1. The third kappa shape index (κ3) is 6.20. The number of hydrogen-bond acceptors (Lipinski definition) is 5. The fourth-order valence-corrected chi connectivity index (χ4v) is 3.07. The SMILES string of the molecule is CN1CCN(CC(O)CN(C)CC(=O)NCC2CCC2)CC1. The molecule has 22 heavy (non-hydrogen) atoms. The molecule has 1 atom stereocenters. The number of β-amino-alcohol motifs (C(OH)–C–C–N with tert-alkyl or cyclic N) is 1. The minimum absolute atomic E-state index is 0.0706. The molecule has 1 saturated carbocycles. The van der Waals surface area contributed by atoms with Gasteiger partial charge in [-0.25, -0.2) is 0 Å². The highest BCUT2D eigenvalue weighted by Gasteiger charge is 2.20. The van der Waals surface area contributed by atoms with Gasteiger partial charge in [-0.3, -0.25) is 14.6 Å². The molecule has 2 aliphatic rings. The number of piperazine rings is 1. The fraction of sp³-hybridized carbons (Fsp3) is 0.938. The van der Waals surface area contributed by atoms with Crippen molar-refractivity contribution < 1.29 is 9.90 Å². The van der Waals surface area contributed by atoms with Crippen LogP contribution in [-0.2, 0) is 4.79 Å². The summed E-state index contributed by atoms with van der Waals surface area (Å²) >= 11 is 0. The van der Waals surface area contributed by atoms with E-state index in [4.69, 9.17) is 0 Å². The van der Waals surface area contributed by atoms with E-state index in [0.29, 0.717) is 25.6 Å². The molecule has 128 valence electrons. The second kappa shape index (κ2) is 8.82. The molecule has 2 rings (SSSR count). The van der Waals surface area contributed by atoms with Crippen LogP contribution in [0.15, 0.2) is 0 Å². The molecular weight excluding hydrogens is 280 g/mol. The summed E-state index contributed by atoms with van der Waals surface area (Å²) in [7, 11) is 4.03. The van der Waals surface area contributed by atoms with Crippen molar-refractivity contribution in [3.63, 3.8) is 0 Å². The van der Waals surface area contributed by atoms with E-state index in [1.54, 1.807) is 0 Å². The lowest BCUT2D eigenvalue weighted by Gasteiger charge is -2.34. The first kappa shape index (κ1) is 17.7. The van der Waals surface area contributed by atoms with Gasteiger partial charge in [-0.2, -0.15) is 0 Å². The Morgan fingerprint density at radius 2 is 2.00 bits per heavy atom. The molecule has 0 aromatic rings. The van der Waals surface area contributed by atoms with Gasteiger partial charge >= 0.3 is 0 Å². The van der Waals surface area contributed by atoms with E-state index >= 15 is 0 Å². The van der Waals surface area contributed by atoms with E-state index in [1.165, 1.54) is 19.3 Å². The van der Waals surface area contributed by atoms with Crippen LogP contribution < -0.4 is 5.32 Å². The normalized spacial score (nSPS) is 22.5. The Bertz CT molecular complexity index is 341. The number of nitrogens with zero attached hydrogens (tertiary/aromatic N) is 3. The van der Waals surface area contributed by atoms with Crippen molar-refractivity contribution >= 4 is 5.91 Å². The molecule has 0 spiro atoms. The van der Waals surface area contributed by atoms with Gasteiger partial charge in [0.15, 0.2) is 0 Å². The monoisotopic (exact) mass is 312 g/mol. The summed E-state index contributed by atoms with van der Waals surface area (Å²) in [5.41, 5.74) is 0. The molecule has 1 unspecified atom stereocenters. The van der Waals surface area contributed by atoms with Gasteiger partial charge in [-0.05, 0) is 32.9 Å². The summed E-state index contributed by atoms with van der Waals surface area (Å²) in [6.45, 7) is 6.57. The Labute approximate surface area is 134 Å². The third-order valence-electron chi connectivity index (χ3n) is 4.81. The Morgan fingerprint density at radius 1 is 1.32 bits per heavy atom. The molecule has 0 aromatic heterocycles. The Balaban J connectivity index is 1.56. The van der Waals surface area contributed by atoms with Crippen LogP contribution in [0, 0.1) is 5.92 Å². The van der Waals surface area contributed by atoms with E-state index in [9.17, 15) is 9.90 Å². The first-order valence-electron chi connectivity index (χ1n) is 8.57. The maximum atomic E-state index is 11.9. The Hall–Kier alpha value is -0.690. The molecule has 6 heteroatoms. The minimum atomic E-state index is -0.396. The van der Waals surface area contributed by atoms with E-state index in [0.717, 1.165) is 32.7 Å². The zero-order valence-corrected chi connectivity index (χ0v) is 14.1. The van der Waals surface area contributed by atoms with Gasteiger partial charge in [0.25, 0.3) is 0 Å². The highest BCUT2D eigenvalue weighted by Crippen LogP contribution is 2.24. The van der Waals surface area contributed by atoms with Crippen LogP contribution in [0.4, 0.5) is 0 Å². The van der Waals surface area contributed by atoms with Crippen molar-refractivity contribution in [1.29, 1.82) is 0 Å². The zero-order chi connectivity index (χ0) is 15.9. The van der Waals surface area contributed by atoms with Gasteiger partial charge in [-0.15, -0.1) is 0 Å². The van der Waals surface area contributed by atoms with Crippen LogP contribution in [0.2, 0.25) is 0 Å². The minimum Gasteiger partial charge on any atom is -0.390 e. The molecule has 6 nitrogen and oxygen atoms in total. The average Bonchev–Trinajstić information content (AvgIpc) is 2.39. The first-order valence-corrected chi connectivity index (χ1v) is 8.57. The molecule has 1 amide bonds. The van der Waals surface area contributed by atoms with Crippen LogP contribution in [-0.4, -0.2) is 98.3 Å². The molecular formula is C16H32N4O2. The second-order valence-electron chi connectivity index (χ2n) is 7.06. The van der Waals surface area contributed by atoms with Crippen molar-refractivity contribution in [2.75, 3.05) is 66.5 Å². The lowest BCUT2D eigenvalue weighted by atomic mass is 9.85. The van der Waals surface area contributed by atoms with Crippen molar-refractivity contribution in [2.45, 2.75) is 25.4 Å². The van der Waals surface area contributed by atoms with Crippen LogP contribution in [0.3, 0.4) is 0 Å². The molecule has 1 aliphatic heterocycles. The molecule has 1 saturated heterocycles. The summed E-state index contributed by atoms with van der Waals surface area (Å²) in [6.07, 6.45) is 3.41. The molecule has 0 radical (unpaired) electrons. The molecule has 2 N–H and O–H groups in total. The number of likely N-dealkylation sites (N-methyl/N-ethyl adjacent to an activating group) is 2. The summed E-state index contributed by atoms with van der Waals surface area (Å²) in [4.78, 5) is 18.4. The quantitative estimate of drug-likeness (QED) is 0.629. The molecule has 0 aromatic carbocycles. The maximum Gasteiger partial charge on any atom is 0.234 e. The number of carbonyl (C=O) groups excluding carboxylic acids is 1. The predicted octanol–water partition coefficient (Wildman–Crippen LogP) is -0.557. The number of nitrogens with one attached hydrogen (secondary N) is 1. The summed E-state index contributed by atoms with van der Waals surface area (Å²) in [6, 6.07) is 0. The predicted molar refractivity (Wildman–Crippen MR) is 87.8 cm³/mol. The second-order valence-corrected chi connectivity index (χ2v) is 7.06. The van der Waals surface area contributed by atoms with Crippen LogP contribution in [0.5, 0.6) is 0 Å². The summed E-state index contributed by atoms with van der Waals surface area (Å²) < 4.78 is 0. The lowest BCUT2D eigenvalue weighted by molar-refractivity contribution is -0.122. The van der Waals surface area contributed by atoms with Crippen molar-refractivity contribution in [2.24, 2.45) is 5.92 Å². The van der Waals surface area contributed by atoms with Crippen molar-refractivity contribution in [3.05, 3.63) is 0 Å². The Morgan fingerprint density at radius 3 is 2.59 bits per heavy atom. The molecule has 2 fully saturated rings. The Kier molecular flexibility index (Phi) is 7.08. The molecule has 0 bridgehead atoms. The van der Waals surface area contributed by atoms with E-state index in [-0.39, 0.29) is 5.91 Å². The van der Waals surface area contributed by atoms with Gasteiger partial charge in [-0.1, -0.05) is 6.42 Å². The number of carbonyl (C=O) groups is 1. The summed E-state index contributed by atoms with van der Waals surface area (Å²) in [5, 5.41) is 13.2. The first-order chi connectivity index (χ1) is 10.5. The van der Waals surface area contributed by atoms with Crippen LogP contribution in [0.1, 0.15) is 19.3 Å². The fourth-order valence-electron chi connectivity index (χ4n) is 3.07. The van der Waals surface area contributed by atoms with Gasteiger partial charge in [0.05, 0.1) is 12.6 Å². The van der Waals surface area contributed by atoms with E-state index in [1.807, 2.05) is 11.9 Å². The van der Waals surface area contributed by atoms with Gasteiger partial charge in [0.2, 0.25) is 5.91 Å². The third-order valence-corrected chi connectivity index (χ3v) is 4.81. The van der Waals surface area contributed by atoms with Crippen molar-refractivity contribution in [3.8, 4) is 0 Å². The smallest absolute Gasteiger partial charge is 0.234 e. The van der Waals surface area contributed by atoms with E-state index < -0.39 is 6.10 Å². The van der Waals surface area contributed by atoms with Crippen LogP contribution in [0.25, 0.3) is 0 Å². The number of rotatable bonds is 8. The largest absolute Gasteiger partial charge is 0.390 e. The molecule has 1 aliphatic carbocycles. The average molecular weight is 312 g/mol. The maximum absolute atomic E-state index is 11.9. The topological polar surface area (TPSA) is 59.1 Å². The number of hydrogen-bond donors (Lipinski definition) is 2. The number of aliphatic hydroxyl groups excluding tert-OH is 1.